The number of carbonyl (C=O) groups is 3. The molecule has 1 aliphatic carbocycles. The summed E-state index contributed by atoms with van der Waals surface area (Å²) in [5.74, 6) is -0.953. The number of rotatable bonds is 6. The first-order chi connectivity index (χ1) is 14.3. The van der Waals surface area contributed by atoms with Crippen molar-refractivity contribution in [3.8, 4) is 0 Å². The number of hydrogen-bond donors (Lipinski definition) is 3. The van der Waals surface area contributed by atoms with E-state index >= 15 is 0 Å². The van der Waals surface area contributed by atoms with Gasteiger partial charge < -0.3 is 21.3 Å². The van der Waals surface area contributed by atoms with Crippen molar-refractivity contribution < 1.29 is 14.4 Å². The molecule has 1 fully saturated rings. The molecule has 1 saturated carbocycles. The van der Waals surface area contributed by atoms with Crippen molar-refractivity contribution in [3.63, 3.8) is 0 Å². The molecule has 0 bridgehead atoms. The van der Waals surface area contributed by atoms with Gasteiger partial charge in [-0.1, -0.05) is 30.5 Å². The number of nitrogens with one attached hydrogen (secondary N) is 2. The van der Waals surface area contributed by atoms with Gasteiger partial charge in [-0.2, -0.15) is 0 Å². The van der Waals surface area contributed by atoms with Crippen molar-refractivity contribution in [2.45, 2.75) is 45.6 Å². The van der Waals surface area contributed by atoms with Crippen LogP contribution < -0.4 is 16.4 Å². The summed E-state index contributed by atoms with van der Waals surface area (Å²) in [6.07, 6.45) is 3.73. The average molecular weight is 449 g/mol. The third-order valence-electron chi connectivity index (χ3n) is 5.30. The van der Waals surface area contributed by atoms with Gasteiger partial charge >= 0.3 is 6.03 Å². The molecule has 9 heteroatoms. The first-order valence-electron chi connectivity index (χ1n) is 9.79. The molecule has 1 heterocycles. The highest BCUT2D eigenvalue weighted by atomic mass is 35.5. The second-order valence-electron chi connectivity index (χ2n) is 7.41. The van der Waals surface area contributed by atoms with Crippen LogP contribution in [0.5, 0.6) is 0 Å². The smallest absolute Gasteiger partial charge is 0.322 e. The number of halogens is 1. The molecule has 2 aromatic rings. The lowest BCUT2D eigenvalue weighted by Crippen LogP contribution is -2.46. The van der Waals surface area contributed by atoms with E-state index in [9.17, 15) is 14.4 Å². The molecule has 3 rings (SSSR count). The molecule has 7 nitrogen and oxygen atoms in total. The number of benzene rings is 1. The second kappa shape index (κ2) is 9.49. The molecule has 0 spiro atoms. The molecule has 0 atom stereocenters. The Bertz CT molecular complexity index is 969. The van der Waals surface area contributed by atoms with E-state index < -0.39 is 5.91 Å². The van der Waals surface area contributed by atoms with Crippen LogP contribution in [0, 0.1) is 13.8 Å². The predicted molar refractivity (Wildman–Crippen MR) is 120 cm³/mol. The van der Waals surface area contributed by atoms with Crippen molar-refractivity contribution in [3.05, 3.63) is 45.3 Å². The Kier molecular flexibility index (Phi) is 6.99. The van der Waals surface area contributed by atoms with E-state index in [0.29, 0.717) is 21.3 Å². The number of hydrogen-bond acceptors (Lipinski definition) is 4. The lowest BCUT2D eigenvalue weighted by Gasteiger charge is -2.28. The summed E-state index contributed by atoms with van der Waals surface area (Å²) in [5.41, 5.74) is 7.13. The molecule has 0 aliphatic heterocycles. The van der Waals surface area contributed by atoms with E-state index in [0.717, 1.165) is 36.1 Å². The number of carbonyl (C=O) groups excluding carboxylic acids is 3. The Morgan fingerprint density at radius 1 is 1.20 bits per heavy atom. The van der Waals surface area contributed by atoms with E-state index in [-0.39, 0.29) is 24.5 Å². The third-order valence-corrected chi connectivity index (χ3v) is 6.66. The van der Waals surface area contributed by atoms with Crippen LogP contribution in [-0.4, -0.2) is 35.3 Å². The standard InChI is InChI=1S/C21H25ClN4O3S/c1-12-13(2)30-20(18(12)19(23)28)25-17(27)11-26(16-8-3-4-9-16)21(29)24-15-7-5-6-14(22)10-15/h5-7,10,16H,3-4,8-9,11H2,1-2H3,(H2,23,28)(H,24,29)(H,25,27). The van der Waals surface area contributed by atoms with E-state index in [1.54, 1.807) is 36.1 Å². The Labute approximate surface area is 184 Å². The zero-order chi connectivity index (χ0) is 21.8. The molecule has 4 amide bonds. The van der Waals surface area contributed by atoms with Gasteiger partial charge in [-0.3, -0.25) is 9.59 Å². The van der Waals surface area contributed by atoms with Crippen LogP contribution in [0.1, 0.15) is 46.5 Å². The van der Waals surface area contributed by atoms with Gasteiger partial charge in [0.2, 0.25) is 5.91 Å². The monoisotopic (exact) mass is 448 g/mol. The fourth-order valence-corrected chi connectivity index (χ4v) is 4.95. The number of amides is 4. The number of anilines is 2. The average Bonchev–Trinajstić information content (AvgIpc) is 3.28. The highest BCUT2D eigenvalue weighted by Crippen LogP contribution is 2.32. The van der Waals surface area contributed by atoms with Crippen LogP contribution >= 0.6 is 22.9 Å². The highest BCUT2D eigenvalue weighted by Gasteiger charge is 2.29. The fourth-order valence-electron chi connectivity index (χ4n) is 3.68. The zero-order valence-corrected chi connectivity index (χ0v) is 18.5. The first-order valence-corrected chi connectivity index (χ1v) is 11.0. The van der Waals surface area contributed by atoms with Gasteiger partial charge in [-0.15, -0.1) is 11.3 Å². The molecule has 0 radical (unpaired) electrons. The highest BCUT2D eigenvalue weighted by molar-refractivity contribution is 7.16. The summed E-state index contributed by atoms with van der Waals surface area (Å²) in [5, 5.41) is 6.53. The number of primary amides is 1. The molecular weight excluding hydrogens is 424 g/mol. The number of nitrogens with zero attached hydrogens (tertiary/aromatic N) is 1. The number of thiophene rings is 1. The molecule has 1 aliphatic rings. The van der Waals surface area contributed by atoms with Crippen molar-refractivity contribution in [1.29, 1.82) is 0 Å². The van der Waals surface area contributed by atoms with E-state index in [4.69, 9.17) is 17.3 Å². The minimum absolute atomic E-state index is 0.0163. The minimum atomic E-state index is -0.585. The Morgan fingerprint density at radius 2 is 1.90 bits per heavy atom. The minimum Gasteiger partial charge on any atom is -0.365 e. The van der Waals surface area contributed by atoms with Gasteiger partial charge in [-0.05, 0) is 50.5 Å². The van der Waals surface area contributed by atoms with Gasteiger partial charge in [0.1, 0.15) is 11.5 Å². The predicted octanol–water partition coefficient (Wildman–Crippen LogP) is 4.53. The molecule has 1 aromatic heterocycles. The zero-order valence-electron chi connectivity index (χ0n) is 17.0. The summed E-state index contributed by atoms with van der Waals surface area (Å²) >= 11 is 7.30. The van der Waals surface area contributed by atoms with Gasteiger partial charge in [0, 0.05) is 21.6 Å². The van der Waals surface area contributed by atoms with Crippen molar-refractivity contribution >= 4 is 51.5 Å². The summed E-state index contributed by atoms with van der Waals surface area (Å²) in [6.45, 7) is 3.54. The van der Waals surface area contributed by atoms with Crippen molar-refractivity contribution in [2.24, 2.45) is 5.73 Å². The summed E-state index contributed by atoms with van der Waals surface area (Å²) < 4.78 is 0. The lowest BCUT2D eigenvalue weighted by molar-refractivity contribution is -0.117. The third kappa shape index (κ3) is 5.12. The molecule has 160 valence electrons. The summed E-state index contributed by atoms with van der Waals surface area (Å²) in [4.78, 5) is 40.0. The van der Waals surface area contributed by atoms with E-state index in [1.807, 2.05) is 6.92 Å². The topological polar surface area (TPSA) is 105 Å². The van der Waals surface area contributed by atoms with Crippen LogP contribution in [0.15, 0.2) is 24.3 Å². The lowest BCUT2D eigenvalue weighted by atomic mass is 10.1. The largest absolute Gasteiger partial charge is 0.365 e. The maximum absolute atomic E-state index is 13.0. The van der Waals surface area contributed by atoms with Crippen LogP contribution in [-0.2, 0) is 4.79 Å². The molecule has 0 saturated heterocycles. The SMILES string of the molecule is Cc1sc(NC(=O)CN(C(=O)Nc2cccc(Cl)c2)C2CCCC2)c(C(N)=O)c1C. The van der Waals surface area contributed by atoms with Gasteiger partial charge in [0.25, 0.3) is 5.91 Å². The molecule has 4 N–H and O–H groups in total. The number of nitrogens with two attached hydrogens (primary N) is 1. The molecule has 30 heavy (non-hydrogen) atoms. The molecular formula is C21H25ClN4O3S. The number of urea groups is 1. The Balaban J connectivity index is 1.75. The van der Waals surface area contributed by atoms with Crippen LogP contribution in [0.4, 0.5) is 15.5 Å². The Morgan fingerprint density at radius 3 is 2.53 bits per heavy atom. The van der Waals surface area contributed by atoms with Gasteiger partial charge in [0.05, 0.1) is 5.56 Å². The summed E-state index contributed by atoms with van der Waals surface area (Å²) in [7, 11) is 0. The fraction of sp³-hybridized carbons (Fsp3) is 0.381. The second-order valence-corrected chi connectivity index (χ2v) is 9.07. The van der Waals surface area contributed by atoms with E-state index in [2.05, 4.69) is 10.6 Å². The molecule has 1 aromatic carbocycles. The first kappa shape index (κ1) is 22.1. The van der Waals surface area contributed by atoms with E-state index in [1.165, 1.54) is 11.3 Å². The summed E-state index contributed by atoms with van der Waals surface area (Å²) in [6, 6.07) is 6.50. The Hall–Kier alpha value is -2.58. The molecule has 0 unspecified atom stereocenters. The normalized spacial score (nSPS) is 13.8. The van der Waals surface area contributed by atoms with Gasteiger partial charge in [0.15, 0.2) is 0 Å². The van der Waals surface area contributed by atoms with Crippen LogP contribution in [0.25, 0.3) is 0 Å². The number of aryl methyl sites for hydroxylation is 1. The van der Waals surface area contributed by atoms with Crippen LogP contribution in [0.2, 0.25) is 5.02 Å². The quantitative estimate of drug-likeness (QED) is 0.604. The maximum Gasteiger partial charge on any atom is 0.322 e. The van der Waals surface area contributed by atoms with Crippen LogP contribution in [0.3, 0.4) is 0 Å². The van der Waals surface area contributed by atoms with Crippen molar-refractivity contribution in [2.75, 3.05) is 17.2 Å². The maximum atomic E-state index is 13.0. The van der Waals surface area contributed by atoms with Gasteiger partial charge in [-0.25, -0.2) is 4.79 Å². The van der Waals surface area contributed by atoms with Crippen molar-refractivity contribution in [1.82, 2.24) is 4.90 Å².